The second-order valence-corrected chi connectivity index (χ2v) is 5.61. The van der Waals surface area contributed by atoms with Gasteiger partial charge in [0, 0.05) is 29.8 Å². The van der Waals surface area contributed by atoms with Gasteiger partial charge < -0.3 is 0 Å². The van der Waals surface area contributed by atoms with E-state index >= 15 is 0 Å². The van der Waals surface area contributed by atoms with E-state index in [1.54, 1.807) is 24.3 Å². The molecule has 1 heterocycles. The van der Waals surface area contributed by atoms with Crippen LogP contribution < -0.4 is 4.57 Å². The summed E-state index contributed by atoms with van der Waals surface area (Å²) >= 11 is 0. The number of hydrogen-bond donors (Lipinski definition) is 0. The van der Waals surface area contributed by atoms with E-state index < -0.39 is 4.92 Å². The number of hydrogen-bond acceptors (Lipinski definition) is 2. The molecule has 24 heavy (non-hydrogen) atoms. The lowest BCUT2D eigenvalue weighted by Crippen LogP contribution is -2.33. The molecule has 120 valence electrons. The van der Waals surface area contributed by atoms with Gasteiger partial charge in [0.15, 0.2) is 18.9 Å². The van der Waals surface area contributed by atoms with Crippen LogP contribution in [-0.4, -0.2) is 4.92 Å². The molecule has 1 aromatic heterocycles. The highest BCUT2D eigenvalue weighted by Gasteiger charge is 2.06. The summed E-state index contributed by atoms with van der Waals surface area (Å²) in [7, 11) is 0. The molecule has 0 atom stereocenters. The fourth-order valence-electron chi connectivity index (χ4n) is 2.48. The van der Waals surface area contributed by atoms with Crippen molar-refractivity contribution in [1.82, 2.24) is 0 Å². The monoisotopic (exact) mass is 323 g/mol. The van der Waals surface area contributed by atoms with Gasteiger partial charge in [-0.2, -0.15) is 0 Å². The first-order chi connectivity index (χ1) is 11.6. The average Bonchev–Trinajstić information content (AvgIpc) is 2.59. The van der Waals surface area contributed by atoms with Crippen molar-refractivity contribution in [2.75, 3.05) is 0 Å². The minimum Gasteiger partial charge on any atom is -0.258 e. The number of benzene rings is 2. The summed E-state index contributed by atoms with van der Waals surface area (Å²) in [5, 5.41) is 10.7. The van der Waals surface area contributed by atoms with E-state index in [9.17, 15) is 14.5 Å². The van der Waals surface area contributed by atoms with Crippen molar-refractivity contribution >= 4 is 5.69 Å². The van der Waals surface area contributed by atoms with Crippen LogP contribution in [-0.2, 0) is 13.0 Å². The van der Waals surface area contributed by atoms with Crippen LogP contribution >= 0.6 is 0 Å². The van der Waals surface area contributed by atoms with Crippen molar-refractivity contribution in [3.63, 3.8) is 0 Å². The van der Waals surface area contributed by atoms with Crippen LogP contribution in [0.2, 0.25) is 0 Å². The molecule has 0 N–H and O–H groups in total. The maximum Gasteiger partial charge on any atom is 0.269 e. The van der Waals surface area contributed by atoms with Gasteiger partial charge in [0.05, 0.1) is 4.92 Å². The van der Waals surface area contributed by atoms with E-state index in [2.05, 4.69) is 0 Å². The maximum absolute atomic E-state index is 12.9. The van der Waals surface area contributed by atoms with Gasteiger partial charge >= 0.3 is 0 Å². The number of nitrogens with zero attached hydrogens (tertiary/aromatic N) is 2. The highest BCUT2D eigenvalue weighted by molar-refractivity contribution is 5.34. The second-order valence-electron chi connectivity index (χ2n) is 5.61. The number of halogens is 1. The molecule has 0 aliphatic heterocycles. The van der Waals surface area contributed by atoms with Gasteiger partial charge in [0.25, 0.3) is 5.69 Å². The minimum absolute atomic E-state index is 0.101. The number of rotatable bonds is 5. The number of non-ortho nitro benzene ring substituents is 1. The summed E-state index contributed by atoms with van der Waals surface area (Å²) in [4.78, 5) is 10.3. The van der Waals surface area contributed by atoms with Crippen molar-refractivity contribution < 1.29 is 13.9 Å². The Morgan fingerprint density at radius 1 is 0.833 bits per heavy atom. The first-order valence-corrected chi connectivity index (χ1v) is 7.56. The molecule has 0 fully saturated rings. The van der Waals surface area contributed by atoms with Crippen molar-refractivity contribution in [2.45, 2.75) is 13.0 Å². The quantitative estimate of drug-likeness (QED) is 0.409. The summed E-state index contributed by atoms with van der Waals surface area (Å²) in [5.74, 6) is -0.234. The average molecular weight is 323 g/mol. The lowest BCUT2D eigenvalue weighted by molar-refractivity contribution is -0.688. The van der Waals surface area contributed by atoms with Gasteiger partial charge in [-0.1, -0.05) is 12.1 Å². The van der Waals surface area contributed by atoms with E-state index in [4.69, 9.17) is 0 Å². The first-order valence-electron chi connectivity index (χ1n) is 7.56. The van der Waals surface area contributed by atoms with E-state index in [-0.39, 0.29) is 11.5 Å². The summed E-state index contributed by atoms with van der Waals surface area (Å²) < 4.78 is 14.9. The molecule has 0 spiro atoms. The molecule has 0 aliphatic carbocycles. The van der Waals surface area contributed by atoms with E-state index in [1.807, 2.05) is 29.1 Å². The molecule has 0 unspecified atom stereocenters. The third kappa shape index (κ3) is 4.01. The van der Waals surface area contributed by atoms with Crippen molar-refractivity contribution in [1.29, 1.82) is 0 Å². The van der Waals surface area contributed by atoms with Gasteiger partial charge in [-0.15, -0.1) is 0 Å². The number of aromatic nitrogens is 1. The molecule has 0 radical (unpaired) electrons. The molecule has 2 aromatic carbocycles. The van der Waals surface area contributed by atoms with Crippen molar-refractivity contribution in [2.24, 2.45) is 0 Å². The predicted molar refractivity (Wildman–Crippen MR) is 88.0 cm³/mol. The van der Waals surface area contributed by atoms with Gasteiger partial charge in [0.1, 0.15) is 5.82 Å². The fourth-order valence-corrected chi connectivity index (χ4v) is 2.48. The van der Waals surface area contributed by atoms with Crippen molar-refractivity contribution in [3.8, 4) is 0 Å². The fraction of sp³-hybridized carbons (Fsp3) is 0.105. The molecular weight excluding hydrogens is 307 g/mol. The molecule has 0 saturated carbocycles. The van der Waals surface area contributed by atoms with E-state index in [0.717, 1.165) is 23.1 Å². The maximum atomic E-state index is 12.9. The molecule has 0 aliphatic rings. The molecule has 4 nitrogen and oxygen atoms in total. The third-order valence-electron chi connectivity index (χ3n) is 3.79. The summed E-state index contributed by atoms with van der Waals surface area (Å²) in [6, 6.07) is 17.1. The topological polar surface area (TPSA) is 47.0 Å². The zero-order valence-electron chi connectivity index (χ0n) is 12.9. The number of nitro benzene ring substituents is 1. The Kier molecular flexibility index (Phi) is 4.61. The number of nitro groups is 1. The van der Waals surface area contributed by atoms with Crippen LogP contribution in [0.5, 0.6) is 0 Å². The Hall–Kier alpha value is -3.08. The largest absolute Gasteiger partial charge is 0.269 e. The SMILES string of the molecule is O=[N+]([O-])c1ccc(Cc2cc[n+](Cc3ccc(F)cc3)cc2)cc1. The van der Waals surface area contributed by atoms with Gasteiger partial charge in [-0.05, 0) is 41.8 Å². The van der Waals surface area contributed by atoms with Crippen LogP contribution in [0.1, 0.15) is 16.7 Å². The van der Waals surface area contributed by atoms with Crippen LogP contribution in [0, 0.1) is 15.9 Å². The zero-order valence-corrected chi connectivity index (χ0v) is 12.9. The number of pyridine rings is 1. The predicted octanol–water partition coefficient (Wildman–Crippen LogP) is 3.66. The molecule has 0 bridgehead atoms. The molecule has 5 heteroatoms. The van der Waals surface area contributed by atoms with Crippen molar-refractivity contribution in [3.05, 3.63) is 106 Å². The Morgan fingerprint density at radius 2 is 1.38 bits per heavy atom. The Labute approximate surface area is 139 Å². The molecule has 3 rings (SSSR count). The van der Waals surface area contributed by atoms with Gasteiger partial charge in [0.2, 0.25) is 0 Å². The second kappa shape index (κ2) is 7.00. The normalized spacial score (nSPS) is 10.5. The Balaban J connectivity index is 1.65. The van der Waals surface area contributed by atoms with Gasteiger partial charge in [-0.3, -0.25) is 10.1 Å². The Bertz CT molecular complexity index is 829. The molecule has 3 aromatic rings. The van der Waals surface area contributed by atoms with Crippen LogP contribution in [0.25, 0.3) is 0 Å². The van der Waals surface area contributed by atoms with Crippen LogP contribution in [0.3, 0.4) is 0 Å². The van der Waals surface area contributed by atoms with Gasteiger partial charge in [-0.25, -0.2) is 8.96 Å². The van der Waals surface area contributed by atoms with E-state index in [1.165, 1.54) is 24.3 Å². The summed E-state index contributed by atoms with van der Waals surface area (Å²) in [5.41, 5.74) is 3.28. The molecular formula is C19H16FN2O2+. The summed E-state index contributed by atoms with van der Waals surface area (Å²) in [6.45, 7) is 0.679. The standard InChI is InChI=1S/C19H16FN2O2/c20-18-5-1-17(2-6-18)14-21-11-9-16(10-12-21)13-15-3-7-19(8-4-15)22(23)24/h1-12H,13-14H2/q+1. The van der Waals surface area contributed by atoms with Crippen LogP contribution in [0.4, 0.5) is 10.1 Å². The highest BCUT2D eigenvalue weighted by Crippen LogP contribution is 2.14. The Morgan fingerprint density at radius 3 is 1.96 bits per heavy atom. The molecule has 0 saturated heterocycles. The zero-order chi connectivity index (χ0) is 16.9. The lowest BCUT2D eigenvalue weighted by atomic mass is 10.1. The summed E-state index contributed by atoms with van der Waals surface area (Å²) in [6.07, 6.45) is 4.67. The third-order valence-corrected chi connectivity index (χ3v) is 3.79. The smallest absolute Gasteiger partial charge is 0.258 e. The highest BCUT2D eigenvalue weighted by atomic mass is 19.1. The van der Waals surface area contributed by atoms with Crippen LogP contribution in [0.15, 0.2) is 73.1 Å². The van der Waals surface area contributed by atoms with E-state index in [0.29, 0.717) is 6.54 Å². The lowest BCUT2D eigenvalue weighted by Gasteiger charge is -2.02. The molecule has 0 amide bonds. The minimum atomic E-state index is -0.398. The first kappa shape index (κ1) is 15.8.